The van der Waals surface area contributed by atoms with E-state index in [4.69, 9.17) is 9.15 Å². The Morgan fingerprint density at radius 1 is 1.13 bits per heavy atom. The minimum Gasteiger partial charge on any atom is -0.427 e. The molecule has 0 saturated carbocycles. The van der Waals surface area contributed by atoms with E-state index in [9.17, 15) is 14.4 Å². The van der Waals surface area contributed by atoms with Gasteiger partial charge in [0.2, 0.25) is 5.91 Å². The first-order valence-corrected chi connectivity index (χ1v) is 10.3. The van der Waals surface area contributed by atoms with Crippen LogP contribution in [0.2, 0.25) is 0 Å². The number of nitrogens with zero attached hydrogens (tertiary/aromatic N) is 1. The highest BCUT2D eigenvalue weighted by Gasteiger charge is 2.40. The van der Waals surface area contributed by atoms with E-state index in [1.165, 1.54) is 5.56 Å². The molecule has 0 bridgehead atoms. The number of aryl methyl sites for hydroxylation is 3. The molecule has 30 heavy (non-hydrogen) atoms. The maximum absolute atomic E-state index is 13.0. The minimum absolute atomic E-state index is 0.0566. The molecule has 1 N–H and O–H groups in total. The molecule has 7 nitrogen and oxygen atoms in total. The second-order valence-corrected chi connectivity index (χ2v) is 8.08. The van der Waals surface area contributed by atoms with Gasteiger partial charge in [0.1, 0.15) is 17.9 Å². The van der Waals surface area contributed by atoms with Gasteiger partial charge in [0.15, 0.2) is 0 Å². The number of nitrogens with one attached hydrogen (secondary N) is 1. The molecule has 2 aliphatic rings. The molecule has 1 aromatic heterocycles. The smallest absolute Gasteiger partial charge is 0.349 e. The zero-order valence-corrected chi connectivity index (χ0v) is 17.1. The molecule has 1 aromatic carbocycles. The van der Waals surface area contributed by atoms with E-state index in [0.717, 1.165) is 6.42 Å². The Hall–Kier alpha value is -2.93. The van der Waals surface area contributed by atoms with Crippen LogP contribution >= 0.6 is 0 Å². The molecule has 2 aromatic rings. The van der Waals surface area contributed by atoms with E-state index >= 15 is 0 Å². The molecule has 4 rings (SSSR count). The topological polar surface area (TPSA) is 88.9 Å². The monoisotopic (exact) mass is 410 g/mol. The molecule has 0 aliphatic carbocycles. The summed E-state index contributed by atoms with van der Waals surface area (Å²) in [5.74, 6) is 0.173. The van der Waals surface area contributed by atoms with Gasteiger partial charge in [0, 0.05) is 26.1 Å². The summed E-state index contributed by atoms with van der Waals surface area (Å²) in [5.41, 5.74) is 0.921. The van der Waals surface area contributed by atoms with E-state index in [2.05, 4.69) is 5.32 Å². The molecular formula is C23H26N2O5. The first-order chi connectivity index (χ1) is 14.5. The van der Waals surface area contributed by atoms with Gasteiger partial charge < -0.3 is 19.4 Å². The molecule has 158 valence electrons. The van der Waals surface area contributed by atoms with E-state index in [-0.39, 0.29) is 24.0 Å². The fraction of sp³-hybridized carbons (Fsp3) is 0.435. The highest BCUT2D eigenvalue weighted by molar-refractivity contribution is 5.95. The number of benzene rings is 1. The van der Waals surface area contributed by atoms with Gasteiger partial charge in [-0.3, -0.25) is 9.59 Å². The van der Waals surface area contributed by atoms with Gasteiger partial charge in [0.05, 0.1) is 5.60 Å². The third kappa shape index (κ3) is 4.31. The van der Waals surface area contributed by atoms with E-state index in [0.29, 0.717) is 50.2 Å². The quantitative estimate of drug-likeness (QED) is 0.831. The lowest BCUT2D eigenvalue weighted by Crippen LogP contribution is -2.58. The first kappa shape index (κ1) is 20.3. The lowest BCUT2D eigenvalue weighted by molar-refractivity contribution is -0.149. The summed E-state index contributed by atoms with van der Waals surface area (Å²) in [6.45, 7) is 3.25. The lowest BCUT2D eigenvalue weighted by Gasteiger charge is -2.43. The minimum atomic E-state index is -0.579. The average Bonchev–Trinajstić information content (AvgIpc) is 2.75. The van der Waals surface area contributed by atoms with E-state index < -0.39 is 11.2 Å². The van der Waals surface area contributed by atoms with Crippen molar-refractivity contribution in [3.63, 3.8) is 0 Å². The maximum Gasteiger partial charge on any atom is 0.349 e. The second kappa shape index (κ2) is 8.44. The number of likely N-dealkylation sites (tertiary alicyclic amines) is 1. The largest absolute Gasteiger partial charge is 0.427 e. The fourth-order valence-corrected chi connectivity index (χ4v) is 4.14. The number of morpholine rings is 1. The molecule has 7 heteroatoms. The summed E-state index contributed by atoms with van der Waals surface area (Å²) in [6, 6.07) is 11.8. The van der Waals surface area contributed by atoms with Gasteiger partial charge in [-0.15, -0.1) is 0 Å². The van der Waals surface area contributed by atoms with Crippen molar-refractivity contribution in [2.75, 3.05) is 26.2 Å². The van der Waals surface area contributed by atoms with Gasteiger partial charge >= 0.3 is 5.63 Å². The Morgan fingerprint density at radius 2 is 1.87 bits per heavy atom. The molecule has 2 amide bonds. The Balaban J connectivity index is 1.42. The summed E-state index contributed by atoms with van der Waals surface area (Å²) in [6.07, 6.45) is 2.61. The summed E-state index contributed by atoms with van der Waals surface area (Å²) in [7, 11) is 0. The molecule has 0 radical (unpaired) electrons. The van der Waals surface area contributed by atoms with Crippen LogP contribution in [0.15, 0.2) is 45.6 Å². The molecule has 2 aliphatic heterocycles. The van der Waals surface area contributed by atoms with Crippen molar-refractivity contribution in [3.8, 4) is 0 Å². The molecular weight excluding hydrogens is 384 g/mol. The highest BCUT2D eigenvalue weighted by Crippen LogP contribution is 2.28. The van der Waals surface area contributed by atoms with Crippen LogP contribution in [0.3, 0.4) is 0 Å². The Bertz CT molecular complexity index is 978. The maximum atomic E-state index is 13.0. The van der Waals surface area contributed by atoms with Crippen molar-refractivity contribution in [3.05, 3.63) is 69.3 Å². The van der Waals surface area contributed by atoms with Crippen LogP contribution in [0, 0.1) is 6.92 Å². The van der Waals surface area contributed by atoms with Crippen molar-refractivity contribution in [2.45, 2.75) is 38.2 Å². The predicted octanol–water partition coefficient (Wildman–Crippen LogP) is 1.85. The molecule has 2 saturated heterocycles. The van der Waals surface area contributed by atoms with E-state index in [1.807, 2.05) is 30.3 Å². The van der Waals surface area contributed by atoms with Gasteiger partial charge in [-0.1, -0.05) is 30.3 Å². The standard InChI is InChI=1S/C23H26N2O5/c1-16-13-18(8-7-17-5-3-2-4-6-17)30-22(28)20(16)21(27)25-11-9-23(10-12-25)15-24-19(26)14-29-23/h2-6,13H,7-12,14-15H2,1H3,(H,24,26). The van der Waals surface area contributed by atoms with Crippen LogP contribution in [-0.4, -0.2) is 48.6 Å². The van der Waals surface area contributed by atoms with Crippen molar-refractivity contribution in [1.82, 2.24) is 10.2 Å². The summed E-state index contributed by atoms with van der Waals surface area (Å²) in [4.78, 5) is 38.6. The zero-order valence-electron chi connectivity index (χ0n) is 17.1. The Morgan fingerprint density at radius 3 is 2.50 bits per heavy atom. The number of amides is 2. The van der Waals surface area contributed by atoms with Crippen LogP contribution in [0.4, 0.5) is 0 Å². The van der Waals surface area contributed by atoms with Crippen LogP contribution < -0.4 is 10.9 Å². The van der Waals surface area contributed by atoms with Gasteiger partial charge in [-0.05, 0) is 43.4 Å². The van der Waals surface area contributed by atoms with Crippen LogP contribution in [0.1, 0.15) is 40.1 Å². The fourth-order valence-electron chi connectivity index (χ4n) is 4.14. The number of hydrogen-bond donors (Lipinski definition) is 1. The van der Waals surface area contributed by atoms with Crippen LogP contribution in [-0.2, 0) is 22.4 Å². The van der Waals surface area contributed by atoms with Crippen molar-refractivity contribution < 1.29 is 18.7 Å². The predicted molar refractivity (Wildman–Crippen MR) is 110 cm³/mol. The number of carbonyl (C=O) groups excluding carboxylic acids is 2. The molecule has 0 unspecified atom stereocenters. The number of carbonyl (C=O) groups is 2. The van der Waals surface area contributed by atoms with Crippen molar-refractivity contribution in [1.29, 1.82) is 0 Å². The summed E-state index contributed by atoms with van der Waals surface area (Å²) < 4.78 is 11.2. The second-order valence-electron chi connectivity index (χ2n) is 8.08. The Kier molecular flexibility index (Phi) is 5.72. The highest BCUT2D eigenvalue weighted by atomic mass is 16.5. The number of piperidine rings is 1. The average molecular weight is 410 g/mol. The van der Waals surface area contributed by atoms with Crippen LogP contribution in [0.25, 0.3) is 0 Å². The third-order valence-electron chi connectivity index (χ3n) is 6.00. The zero-order chi connectivity index (χ0) is 21.1. The van der Waals surface area contributed by atoms with Crippen LogP contribution in [0.5, 0.6) is 0 Å². The van der Waals surface area contributed by atoms with Gasteiger partial charge in [0.25, 0.3) is 5.91 Å². The normalized spacial score (nSPS) is 18.3. The first-order valence-electron chi connectivity index (χ1n) is 10.3. The van der Waals surface area contributed by atoms with E-state index in [1.54, 1.807) is 17.9 Å². The van der Waals surface area contributed by atoms with Gasteiger partial charge in [-0.25, -0.2) is 4.79 Å². The van der Waals surface area contributed by atoms with Gasteiger partial charge in [-0.2, -0.15) is 0 Å². The molecule has 1 spiro atoms. The molecule has 2 fully saturated rings. The van der Waals surface area contributed by atoms with Crippen molar-refractivity contribution in [2.24, 2.45) is 0 Å². The lowest BCUT2D eigenvalue weighted by atomic mass is 9.89. The Labute approximate surface area is 175 Å². The molecule has 3 heterocycles. The summed E-state index contributed by atoms with van der Waals surface area (Å²) in [5, 5.41) is 2.83. The summed E-state index contributed by atoms with van der Waals surface area (Å²) >= 11 is 0. The number of rotatable bonds is 4. The SMILES string of the molecule is Cc1cc(CCc2ccccc2)oc(=O)c1C(=O)N1CCC2(CC1)CNC(=O)CO2. The third-order valence-corrected chi connectivity index (χ3v) is 6.00. The number of ether oxygens (including phenoxy) is 1. The van der Waals surface area contributed by atoms with Crippen molar-refractivity contribution >= 4 is 11.8 Å². The number of hydrogen-bond acceptors (Lipinski definition) is 5. The molecule has 0 atom stereocenters.